The number of halogens is 1. The summed E-state index contributed by atoms with van der Waals surface area (Å²) in [6, 6.07) is 23.5. The van der Waals surface area contributed by atoms with Gasteiger partial charge in [-0.25, -0.2) is 4.79 Å². The summed E-state index contributed by atoms with van der Waals surface area (Å²) in [6.45, 7) is 2.56. The standard InChI is InChI=1S/C28H28ClN3O3/c29-24-10-6-22(7-11-24)23-8-12-25(13-9-23)31-27(33)14-5-20-1-3-21(4-2-20)19-32-17-15-26(16-18-32)35-28(30)34/h1-14,26H,15-19H2,(H2,30,34)(H,31,33)/b14-5+. The van der Waals surface area contributed by atoms with Crippen LogP contribution in [0.3, 0.4) is 0 Å². The first-order valence-corrected chi connectivity index (χ1v) is 11.9. The summed E-state index contributed by atoms with van der Waals surface area (Å²) in [5, 5.41) is 3.59. The number of carbonyl (C=O) groups excluding carboxylic acids is 2. The molecule has 0 unspecified atom stereocenters. The van der Waals surface area contributed by atoms with E-state index in [1.165, 1.54) is 11.6 Å². The van der Waals surface area contributed by atoms with Gasteiger partial charge in [0, 0.05) is 36.4 Å². The van der Waals surface area contributed by atoms with Crippen molar-refractivity contribution in [2.24, 2.45) is 5.73 Å². The predicted octanol–water partition coefficient (Wildman–Crippen LogP) is 5.72. The summed E-state index contributed by atoms with van der Waals surface area (Å²) in [7, 11) is 0. The molecule has 0 saturated carbocycles. The van der Waals surface area contributed by atoms with Crippen LogP contribution < -0.4 is 11.1 Å². The second-order valence-electron chi connectivity index (χ2n) is 8.56. The van der Waals surface area contributed by atoms with Crippen LogP contribution in [-0.4, -0.2) is 36.1 Å². The topological polar surface area (TPSA) is 84.7 Å². The molecule has 1 fully saturated rings. The van der Waals surface area contributed by atoms with Gasteiger partial charge in [-0.1, -0.05) is 60.1 Å². The van der Waals surface area contributed by atoms with Crippen LogP contribution in [0.4, 0.5) is 10.5 Å². The van der Waals surface area contributed by atoms with Crippen molar-refractivity contribution in [1.82, 2.24) is 4.90 Å². The number of likely N-dealkylation sites (tertiary alicyclic amines) is 1. The summed E-state index contributed by atoms with van der Waals surface area (Å²) in [5.74, 6) is -0.186. The summed E-state index contributed by atoms with van der Waals surface area (Å²) in [5.41, 5.74) is 10.1. The number of nitrogens with zero attached hydrogens (tertiary/aromatic N) is 1. The maximum atomic E-state index is 12.3. The number of nitrogens with one attached hydrogen (secondary N) is 1. The number of ether oxygens (including phenoxy) is 1. The number of anilines is 1. The minimum absolute atomic E-state index is 0.0798. The average molecular weight is 490 g/mol. The van der Waals surface area contributed by atoms with Crippen LogP contribution in [0, 0.1) is 0 Å². The van der Waals surface area contributed by atoms with E-state index in [9.17, 15) is 9.59 Å². The molecule has 7 heteroatoms. The third-order valence-electron chi connectivity index (χ3n) is 5.96. The Morgan fingerprint density at radius 1 is 0.943 bits per heavy atom. The summed E-state index contributed by atoms with van der Waals surface area (Å²) in [4.78, 5) is 25.6. The first-order chi connectivity index (χ1) is 16.9. The van der Waals surface area contributed by atoms with Crippen molar-refractivity contribution in [2.75, 3.05) is 18.4 Å². The predicted molar refractivity (Wildman–Crippen MR) is 140 cm³/mol. The van der Waals surface area contributed by atoms with Crippen molar-refractivity contribution in [3.63, 3.8) is 0 Å². The van der Waals surface area contributed by atoms with E-state index in [1.807, 2.05) is 60.7 Å². The lowest BCUT2D eigenvalue weighted by atomic mass is 10.1. The SMILES string of the molecule is NC(=O)OC1CCN(Cc2ccc(/C=C/C(=O)Nc3ccc(-c4ccc(Cl)cc4)cc3)cc2)CC1. The van der Waals surface area contributed by atoms with Crippen molar-refractivity contribution in [2.45, 2.75) is 25.5 Å². The number of hydrogen-bond donors (Lipinski definition) is 2. The molecule has 0 atom stereocenters. The number of amides is 2. The van der Waals surface area contributed by atoms with Gasteiger partial charge in [-0.15, -0.1) is 0 Å². The molecule has 4 rings (SSSR count). The van der Waals surface area contributed by atoms with Crippen molar-refractivity contribution < 1.29 is 14.3 Å². The molecule has 6 nitrogen and oxygen atoms in total. The minimum atomic E-state index is -0.701. The third-order valence-corrected chi connectivity index (χ3v) is 6.21. The second-order valence-corrected chi connectivity index (χ2v) is 9.00. The molecule has 35 heavy (non-hydrogen) atoms. The largest absolute Gasteiger partial charge is 0.446 e. The Bertz CT molecular complexity index is 1170. The lowest BCUT2D eigenvalue weighted by Crippen LogP contribution is -2.38. The summed E-state index contributed by atoms with van der Waals surface area (Å²) < 4.78 is 5.08. The zero-order valence-electron chi connectivity index (χ0n) is 19.3. The lowest BCUT2D eigenvalue weighted by molar-refractivity contribution is -0.111. The van der Waals surface area contributed by atoms with Crippen LogP contribution >= 0.6 is 11.6 Å². The molecule has 3 aromatic carbocycles. The number of rotatable bonds is 7. The molecule has 0 radical (unpaired) electrons. The Labute approximate surface area is 210 Å². The van der Waals surface area contributed by atoms with E-state index in [-0.39, 0.29) is 12.0 Å². The van der Waals surface area contributed by atoms with Crippen LogP contribution in [0.1, 0.15) is 24.0 Å². The monoisotopic (exact) mass is 489 g/mol. The van der Waals surface area contributed by atoms with E-state index in [2.05, 4.69) is 22.3 Å². The maximum absolute atomic E-state index is 12.3. The third kappa shape index (κ3) is 7.44. The van der Waals surface area contributed by atoms with E-state index < -0.39 is 6.09 Å². The van der Waals surface area contributed by atoms with Crippen molar-refractivity contribution in [3.8, 4) is 11.1 Å². The van der Waals surface area contributed by atoms with Gasteiger partial charge in [-0.2, -0.15) is 0 Å². The number of nitrogens with two attached hydrogens (primary N) is 1. The maximum Gasteiger partial charge on any atom is 0.404 e. The van der Waals surface area contributed by atoms with E-state index in [1.54, 1.807) is 6.08 Å². The van der Waals surface area contributed by atoms with Gasteiger partial charge in [0.1, 0.15) is 6.10 Å². The summed E-state index contributed by atoms with van der Waals surface area (Å²) in [6.07, 6.45) is 4.14. The van der Waals surface area contributed by atoms with E-state index >= 15 is 0 Å². The zero-order chi connectivity index (χ0) is 24.6. The van der Waals surface area contributed by atoms with Gasteiger partial charge in [0.05, 0.1) is 0 Å². The fourth-order valence-electron chi connectivity index (χ4n) is 4.09. The Hall–Kier alpha value is -3.61. The fourth-order valence-corrected chi connectivity index (χ4v) is 4.21. The Morgan fingerprint density at radius 2 is 1.54 bits per heavy atom. The van der Waals surface area contributed by atoms with Crippen molar-refractivity contribution in [3.05, 3.63) is 95.0 Å². The highest BCUT2D eigenvalue weighted by atomic mass is 35.5. The molecule has 1 heterocycles. The van der Waals surface area contributed by atoms with Crippen molar-refractivity contribution >= 4 is 35.4 Å². The Balaban J connectivity index is 1.25. The number of benzene rings is 3. The lowest BCUT2D eigenvalue weighted by Gasteiger charge is -2.31. The van der Waals surface area contributed by atoms with Gasteiger partial charge in [0.15, 0.2) is 0 Å². The zero-order valence-corrected chi connectivity index (χ0v) is 20.1. The Morgan fingerprint density at radius 3 is 2.14 bits per heavy atom. The molecule has 1 aliphatic heterocycles. The van der Waals surface area contributed by atoms with Crippen LogP contribution in [0.25, 0.3) is 17.2 Å². The number of piperidine rings is 1. The quantitative estimate of drug-likeness (QED) is 0.416. The number of carbonyl (C=O) groups is 2. The molecule has 2 amide bonds. The molecule has 0 aromatic heterocycles. The highest BCUT2D eigenvalue weighted by molar-refractivity contribution is 6.30. The fraction of sp³-hybridized carbons (Fsp3) is 0.214. The first-order valence-electron chi connectivity index (χ1n) is 11.6. The molecule has 180 valence electrons. The van der Waals surface area contributed by atoms with Gasteiger partial charge in [-0.05, 0) is 65.4 Å². The second kappa shape index (κ2) is 11.7. The number of primary amides is 1. The molecule has 0 spiro atoms. The highest BCUT2D eigenvalue weighted by Gasteiger charge is 2.21. The van der Waals surface area contributed by atoms with E-state index in [0.717, 1.165) is 54.9 Å². The minimum Gasteiger partial charge on any atom is -0.446 e. The van der Waals surface area contributed by atoms with Crippen LogP contribution in [0.2, 0.25) is 5.02 Å². The smallest absolute Gasteiger partial charge is 0.404 e. The van der Waals surface area contributed by atoms with Gasteiger partial charge in [-0.3, -0.25) is 9.69 Å². The molecule has 1 aliphatic rings. The van der Waals surface area contributed by atoms with Gasteiger partial charge < -0.3 is 15.8 Å². The molecular formula is C28H28ClN3O3. The van der Waals surface area contributed by atoms with Crippen molar-refractivity contribution in [1.29, 1.82) is 0 Å². The number of hydrogen-bond acceptors (Lipinski definition) is 4. The molecule has 3 N–H and O–H groups in total. The Kier molecular flexibility index (Phi) is 8.19. The molecule has 3 aromatic rings. The molecule has 1 saturated heterocycles. The van der Waals surface area contributed by atoms with Gasteiger partial charge in [0.2, 0.25) is 5.91 Å². The summed E-state index contributed by atoms with van der Waals surface area (Å²) >= 11 is 5.95. The molecule has 0 aliphatic carbocycles. The van der Waals surface area contributed by atoms with E-state index in [0.29, 0.717) is 5.02 Å². The first kappa shape index (κ1) is 24.5. The van der Waals surface area contributed by atoms with Crippen LogP contribution in [-0.2, 0) is 16.1 Å². The molecular weight excluding hydrogens is 462 g/mol. The highest BCUT2D eigenvalue weighted by Crippen LogP contribution is 2.23. The van der Waals surface area contributed by atoms with Crippen LogP contribution in [0.15, 0.2) is 78.9 Å². The van der Waals surface area contributed by atoms with Crippen LogP contribution in [0.5, 0.6) is 0 Å². The van der Waals surface area contributed by atoms with E-state index in [4.69, 9.17) is 22.1 Å². The molecule has 0 bridgehead atoms. The average Bonchev–Trinajstić information content (AvgIpc) is 2.86. The normalized spacial score (nSPS) is 14.7. The van der Waals surface area contributed by atoms with Gasteiger partial charge in [0.25, 0.3) is 0 Å². The van der Waals surface area contributed by atoms with Gasteiger partial charge >= 0.3 is 6.09 Å².